The van der Waals surface area contributed by atoms with Gasteiger partial charge in [-0.05, 0) is 45.0 Å². The second-order valence-corrected chi connectivity index (χ2v) is 7.90. The van der Waals surface area contributed by atoms with E-state index in [4.69, 9.17) is 10.5 Å². The number of anilines is 1. The number of carbonyl (C=O) groups is 2. The molecule has 0 aliphatic heterocycles. The molecule has 0 fully saturated rings. The van der Waals surface area contributed by atoms with E-state index in [1.165, 1.54) is 4.90 Å². The van der Waals surface area contributed by atoms with Crippen LogP contribution in [0.1, 0.15) is 31.1 Å². The number of fused-ring (bicyclic) bond motifs is 1. The Labute approximate surface area is 174 Å². The Morgan fingerprint density at radius 3 is 2.50 bits per heavy atom. The highest BCUT2D eigenvalue weighted by molar-refractivity contribution is 5.93. The molecule has 0 aliphatic carbocycles. The van der Waals surface area contributed by atoms with Crippen LogP contribution in [0.2, 0.25) is 0 Å². The van der Waals surface area contributed by atoms with E-state index in [0.29, 0.717) is 30.1 Å². The molecule has 0 saturated heterocycles. The predicted octanol–water partition coefficient (Wildman–Crippen LogP) is 2.77. The van der Waals surface area contributed by atoms with Crippen LogP contribution in [0.3, 0.4) is 0 Å². The van der Waals surface area contributed by atoms with Crippen molar-refractivity contribution >= 4 is 23.5 Å². The number of carbonyl (C=O) groups excluding carboxylic acids is 2. The minimum atomic E-state index is -0.529. The first-order valence-corrected chi connectivity index (χ1v) is 9.57. The number of benzene rings is 1. The summed E-state index contributed by atoms with van der Waals surface area (Å²) in [5.41, 5.74) is 7.56. The van der Waals surface area contributed by atoms with Crippen molar-refractivity contribution in [2.45, 2.75) is 26.4 Å². The SMILES string of the molecule is CN(CCNc1ccc2ncc(-c3ccc(C(N)=O)cc3)n2n1)C(=O)OC(C)(C)C. The molecule has 2 aromatic heterocycles. The number of imidazole rings is 1. The Bertz CT molecular complexity index is 1050. The molecule has 30 heavy (non-hydrogen) atoms. The third-order valence-corrected chi connectivity index (χ3v) is 4.29. The fraction of sp³-hybridized carbons (Fsp3) is 0.333. The van der Waals surface area contributed by atoms with Crippen LogP contribution in [0.5, 0.6) is 0 Å². The van der Waals surface area contributed by atoms with E-state index >= 15 is 0 Å². The fourth-order valence-corrected chi connectivity index (χ4v) is 2.75. The van der Waals surface area contributed by atoms with Gasteiger partial charge in [-0.3, -0.25) is 4.79 Å². The summed E-state index contributed by atoms with van der Waals surface area (Å²) in [6.07, 6.45) is 1.35. The van der Waals surface area contributed by atoms with E-state index in [1.807, 2.05) is 32.9 Å². The van der Waals surface area contributed by atoms with Crippen LogP contribution in [0, 0.1) is 0 Å². The van der Waals surface area contributed by atoms with Crippen LogP contribution in [-0.2, 0) is 4.74 Å². The van der Waals surface area contributed by atoms with Crippen LogP contribution < -0.4 is 11.1 Å². The molecule has 2 amide bonds. The number of nitrogens with zero attached hydrogens (tertiary/aromatic N) is 4. The number of hydrogen-bond donors (Lipinski definition) is 2. The Kier molecular flexibility index (Phi) is 5.91. The third-order valence-electron chi connectivity index (χ3n) is 4.29. The molecule has 3 N–H and O–H groups in total. The lowest BCUT2D eigenvalue weighted by Crippen LogP contribution is -2.36. The lowest BCUT2D eigenvalue weighted by atomic mass is 10.1. The molecule has 3 aromatic rings. The first-order valence-electron chi connectivity index (χ1n) is 9.57. The first-order chi connectivity index (χ1) is 14.1. The Morgan fingerprint density at radius 1 is 1.17 bits per heavy atom. The van der Waals surface area contributed by atoms with Crippen molar-refractivity contribution in [2.24, 2.45) is 5.73 Å². The highest BCUT2D eigenvalue weighted by atomic mass is 16.6. The summed E-state index contributed by atoms with van der Waals surface area (Å²) in [4.78, 5) is 29.2. The number of likely N-dealkylation sites (N-methyl/N-ethyl adjacent to an activating group) is 1. The van der Waals surface area contributed by atoms with Gasteiger partial charge in [-0.25, -0.2) is 14.3 Å². The van der Waals surface area contributed by atoms with Crippen molar-refractivity contribution in [1.82, 2.24) is 19.5 Å². The lowest BCUT2D eigenvalue weighted by Gasteiger charge is -2.24. The number of hydrogen-bond acceptors (Lipinski definition) is 6. The van der Waals surface area contributed by atoms with Crippen molar-refractivity contribution in [2.75, 3.05) is 25.5 Å². The average Bonchev–Trinajstić information content (AvgIpc) is 3.10. The minimum absolute atomic E-state index is 0.371. The van der Waals surface area contributed by atoms with Gasteiger partial charge in [0.2, 0.25) is 5.91 Å². The first kappa shape index (κ1) is 21.1. The summed E-state index contributed by atoms with van der Waals surface area (Å²) < 4.78 is 7.06. The molecule has 0 saturated carbocycles. The summed E-state index contributed by atoms with van der Waals surface area (Å²) in [6.45, 7) is 6.46. The lowest BCUT2D eigenvalue weighted by molar-refractivity contribution is 0.0305. The zero-order valence-electron chi connectivity index (χ0n) is 17.5. The van der Waals surface area contributed by atoms with Gasteiger partial charge in [-0.1, -0.05) is 12.1 Å². The smallest absolute Gasteiger partial charge is 0.410 e. The minimum Gasteiger partial charge on any atom is -0.444 e. The van der Waals surface area contributed by atoms with Gasteiger partial charge in [0.1, 0.15) is 11.4 Å². The Balaban J connectivity index is 1.69. The number of primary amides is 1. The largest absolute Gasteiger partial charge is 0.444 e. The van der Waals surface area contributed by atoms with Gasteiger partial charge in [-0.2, -0.15) is 0 Å². The summed E-state index contributed by atoms with van der Waals surface area (Å²) in [7, 11) is 1.69. The van der Waals surface area contributed by atoms with Gasteiger partial charge in [0.25, 0.3) is 0 Å². The molecule has 0 atom stereocenters. The summed E-state index contributed by atoms with van der Waals surface area (Å²) in [5.74, 6) is 0.175. The second kappa shape index (κ2) is 8.40. The third kappa shape index (κ3) is 5.05. The zero-order valence-corrected chi connectivity index (χ0v) is 17.5. The molecular formula is C21H26N6O3. The van der Waals surface area contributed by atoms with Gasteiger partial charge < -0.3 is 20.7 Å². The molecule has 0 bridgehead atoms. The standard InChI is InChI=1S/C21H26N6O3/c1-21(2,3)30-20(29)26(4)12-11-23-17-9-10-18-24-13-16(27(18)25-17)14-5-7-15(8-6-14)19(22)28/h5-10,13H,11-12H2,1-4H3,(H2,22,28)(H,23,25). The van der Waals surface area contributed by atoms with Crippen molar-refractivity contribution in [3.05, 3.63) is 48.2 Å². The van der Waals surface area contributed by atoms with Crippen molar-refractivity contribution in [3.63, 3.8) is 0 Å². The quantitative estimate of drug-likeness (QED) is 0.646. The monoisotopic (exact) mass is 410 g/mol. The molecule has 3 rings (SSSR count). The predicted molar refractivity (Wildman–Crippen MR) is 114 cm³/mol. The maximum absolute atomic E-state index is 12.0. The van der Waals surface area contributed by atoms with E-state index in [2.05, 4.69) is 15.4 Å². The van der Waals surface area contributed by atoms with E-state index in [0.717, 1.165) is 11.3 Å². The summed E-state index contributed by atoms with van der Waals surface area (Å²) >= 11 is 0. The molecule has 0 radical (unpaired) electrons. The van der Waals surface area contributed by atoms with Gasteiger partial charge in [0, 0.05) is 31.3 Å². The topological polar surface area (TPSA) is 115 Å². The van der Waals surface area contributed by atoms with E-state index in [9.17, 15) is 9.59 Å². The molecule has 0 unspecified atom stereocenters. The van der Waals surface area contributed by atoms with Crippen molar-refractivity contribution in [1.29, 1.82) is 0 Å². The van der Waals surface area contributed by atoms with E-state index < -0.39 is 11.5 Å². The van der Waals surface area contributed by atoms with Crippen LogP contribution in [0.25, 0.3) is 16.9 Å². The molecule has 0 aliphatic rings. The van der Waals surface area contributed by atoms with E-state index in [1.54, 1.807) is 42.0 Å². The molecule has 158 valence electrons. The molecule has 2 heterocycles. The number of nitrogens with two attached hydrogens (primary N) is 1. The maximum atomic E-state index is 12.0. The van der Waals surface area contributed by atoms with Gasteiger partial charge in [0.15, 0.2) is 5.65 Å². The summed E-state index contributed by atoms with van der Waals surface area (Å²) in [6, 6.07) is 10.6. The molecular weight excluding hydrogens is 384 g/mol. The van der Waals surface area contributed by atoms with Crippen LogP contribution in [0.15, 0.2) is 42.6 Å². The van der Waals surface area contributed by atoms with E-state index in [-0.39, 0.29) is 6.09 Å². The second-order valence-electron chi connectivity index (χ2n) is 7.90. The molecule has 1 aromatic carbocycles. The zero-order chi connectivity index (χ0) is 21.9. The van der Waals surface area contributed by atoms with Crippen molar-refractivity contribution in [3.8, 4) is 11.3 Å². The van der Waals surface area contributed by atoms with Gasteiger partial charge in [0.05, 0.1) is 11.9 Å². The Morgan fingerprint density at radius 2 is 1.87 bits per heavy atom. The molecule has 9 nitrogen and oxygen atoms in total. The Hall–Kier alpha value is -3.62. The molecule has 9 heteroatoms. The highest BCUT2D eigenvalue weighted by Gasteiger charge is 2.19. The maximum Gasteiger partial charge on any atom is 0.410 e. The number of amides is 2. The average molecular weight is 410 g/mol. The van der Waals surface area contributed by atoms with Gasteiger partial charge in [-0.15, -0.1) is 5.10 Å². The van der Waals surface area contributed by atoms with Crippen LogP contribution in [0.4, 0.5) is 10.6 Å². The molecule has 0 spiro atoms. The normalized spacial score (nSPS) is 11.3. The number of nitrogens with one attached hydrogen (secondary N) is 1. The van der Waals surface area contributed by atoms with Crippen molar-refractivity contribution < 1.29 is 14.3 Å². The highest BCUT2D eigenvalue weighted by Crippen LogP contribution is 2.21. The fourth-order valence-electron chi connectivity index (χ4n) is 2.75. The number of aromatic nitrogens is 3. The van der Waals surface area contributed by atoms with Gasteiger partial charge >= 0.3 is 6.09 Å². The summed E-state index contributed by atoms with van der Waals surface area (Å²) in [5, 5.41) is 7.79. The van der Waals surface area contributed by atoms with Crippen LogP contribution in [-0.4, -0.2) is 57.2 Å². The number of rotatable bonds is 6. The number of ether oxygens (including phenoxy) is 1. The van der Waals surface area contributed by atoms with Crippen LogP contribution >= 0.6 is 0 Å².